The van der Waals surface area contributed by atoms with Crippen molar-refractivity contribution in [2.75, 3.05) is 0 Å². The molecule has 0 spiro atoms. The summed E-state index contributed by atoms with van der Waals surface area (Å²) in [7, 11) is 0. The van der Waals surface area contributed by atoms with Crippen LogP contribution in [0.15, 0.2) is 41.3 Å². The van der Waals surface area contributed by atoms with Gasteiger partial charge in [0.25, 0.3) is 0 Å². The van der Waals surface area contributed by atoms with E-state index in [1.54, 1.807) is 12.3 Å². The molecule has 21 heavy (non-hydrogen) atoms. The van der Waals surface area contributed by atoms with E-state index in [0.29, 0.717) is 16.7 Å². The fourth-order valence-corrected chi connectivity index (χ4v) is 2.94. The van der Waals surface area contributed by atoms with E-state index in [0.717, 1.165) is 10.8 Å². The van der Waals surface area contributed by atoms with Crippen LogP contribution in [0.2, 0.25) is 0 Å². The smallest absolute Gasteiger partial charge is 0.336 e. The van der Waals surface area contributed by atoms with Crippen molar-refractivity contribution in [1.29, 1.82) is 0 Å². The third-order valence-corrected chi connectivity index (χ3v) is 4.16. The first-order chi connectivity index (χ1) is 10.1. The molecule has 2 N–H and O–H groups in total. The molecule has 1 aliphatic carbocycles. The fraction of sp³-hybridized carbons (Fsp3) is 0.176. The Labute approximate surface area is 120 Å². The van der Waals surface area contributed by atoms with E-state index in [9.17, 15) is 14.7 Å². The van der Waals surface area contributed by atoms with Crippen LogP contribution in [0.5, 0.6) is 0 Å². The minimum absolute atomic E-state index is 0.225. The van der Waals surface area contributed by atoms with Crippen LogP contribution in [0.25, 0.3) is 21.5 Å². The van der Waals surface area contributed by atoms with Crippen LogP contribution in [0.3, 0.4) is 0 Å². The normalized spacial score (nSPS) is 14.7. The summed E-state index contributed by atoms with van der Waals surface area (Å²) in [6, 6.07) is 9.00. The Morgan fingerprint density at radius 3 is 2.62 bits per heavy atom. The SMILES string of the molecule is O=C(O)c1cc2cc(=O)[nH]cc2c2cc(C3CC3)ccc12. The van der Waals surface area contributed by atoms with Gasteiger partial charge < -0.3 is 10.1 Å². The van der Waals surface area contributed by atoms with Crippen LogP contribution in [-0.2, 0) is 0 Å². The Morgan fingerprint density at radius 1 is 1.10 bits per heavy atom. The molecule has 4 heteroatoms. The molecule has 1 aliphatic rings. The number of benzene rings is 2. The number of H-pyrrole nitrogens is 1. The number of nitrogens with one attached hydrogen (secondary N) is 1. The highest BCUT2D eigenvalue weighted by Gasteiger charge is 2.24. The molecule has 1 saturated carbocycles. The zero-order chi connectivity index (χ0) is 14.6. The average molecular weight is 279 g/mol. The van der Waals surface area contributed by atoms with Crippen LogP contribution in [-0.4, -0.2) is 16.1 Å². The molecular weight excluding hydrogens is 266 g/mol. The maximum Gasteiger partial charge on any atom is 0.336 e. The Balaban J connectivity index is 2.16. The molecule has 0 radical (unpaired) electrons. The lowest BCUT2D eigenvalue weighted by molar-refractivity contribution is 0.0699. The zero-order valence-corrected chi connectivity index (χ0v) is 11.2. The number of pyridine rings is 1. The Bertz CT molecular complexity index is 951. The second kappa shape index (κ2) is 4.19. The topological polar surface area (TPSA) is 70.2 Å². The number of aromatic carboxylic acids is 1. The molecule has 0 bridgehead atoms. The summed E-state index contributed by atoms with van der Waals surface area (Å²) in [5.41, 5.74) is 1.26. The van der Waals surface area contributed by atoms with Gasteiger partial charge in [-0.25, -0.2) is 4.79 Å². The molecule has 1 fully saturated rings. The van der Waals surface area contributed by atoms with Gasteiger partial charge in [-0.1, -0.05) is 18.2 Å². The van der Waals surface area contributed by atoms with Gasteiger partial charge in [0, 0.05) is 17.6 Å². The second-order valence-corrected chi connectivity index (χ2v) is 5.61. The Morgan fingerprint density at radius 2 is 1.90 bits per heavy atom. The van der Waals surface area contributed by atoms with E-state index in [2.05, 4.69) is 11.1 Å². The first kappa shape index (κ1) is 12.1. The van der Waals surface area contributed by atoms with Crippen molar-refractivity contribution in [3.63, 3.8) is 0 Å². The van der Waals surface area contributed by atoms with Gasteiger partial charge in [-0.3, -0.25) is 4.79 Å². The van der Waals surface area contributed by atoms with E-state index in [1.807, 2.05) is 12.1 Å². The molecule has 0 amide bonds. The van der Waals surface area contributed by atoms with Gasteiger partial charge in [0.2, 0.25) is 5.56 Å². The first-order valence-corrected chi connectivity index (χ1v) is 6.96. The Kier molecular flexibility index (Phi) is 2.42. The van der Waals surface area contributed by atoms with E-state index < -0.39 is 5.97 Å². The molecule has 4 nitrogen and oxygen atoms in total. The Hall–Kier alpha value is -2.62. The number of carbonyl (C=O) groups is 1. The highest BCUT2D eigenvalue weighted by Crippen LogP contribution is 2.42. The van der Waals surface area contributed by atoms with Crippen LogP contribution >= 0.6 is 0 Å². The van der Waals surface area contributed by atoms with Crippen LogP contribution in [0.1, 0.15) is 34.7 Å². The molecule has 4 rings (SSSR count). The van der Waals surface area contributed by atoms with E-state index in [1.165, 1.54) is 24.5 Å². The quantitative estimate of drug-likeness (QED) is 0.707. The number of fused-ring (bicyclic) bond motifs is 3. The highest BCUT2D eigenvalue weighted by atomic mass is 16.4. The highest BCUT2D eigenvalue weighted by molar-refractivity contribution is 6.15. The van der Waals surface area contributed by atoms with Crippen molar-refractivity contribution < 1.29 is 9.90 Å². The van der Waals surface area contributed by atoms with Gasteiger partial charge in [0.05, 0.1) is 5.56 Å². The van der Waals surface area contributed by atoms with E-state index in [-0.39, 0.29) is 11.1 Å². The fourth-order valence-electron chi connectivity index (χ4n) is 2.94. The van der Waals surface area contributed by atoms with E-state index in [4.69, 9.17) is 0 Å². The van der Waals surface area contributed by atoms with Gasteiger partial charge in [-0.2, -0.15) is 0 Å². The summed E-state index contributed by atoms with van der Waals surface area (Å²) in [5, 5.41) is 12.6. The molecular formula is C17H13NO3. The molecule has 0 saturated heterocycles. The van der Waals surface area contributed by atoms with Crippen molar-refractivity contribution in [2.45, 2.75) is 18.8 Å². The molecule has 3 aromatic rings. The minimum Gasteiger partial charge on any atom is -0.478 e. The number of aromatic amines is 1. The largest absolute Gasteiger partial charge is 0.478 e. The van der Waals surface area contributed by atoms with Crippen molar-refractivity contribution in [2.24, 2.45) is 0 Å². The minimum atomic E-state index is -0.971. The third-order valence-electron chi connectivity index (χ3n) is 4.16. The van der Waals surface area contributed by atoms with Gasteiger partial charge in [-0.05, 0) is 46.5 Å². The molecule has 0 aliphatic heterocycles. The monoisotopic (exact) mass is 279 g/mol. The molecule has 0 unspecified atom stereocenters. The number of hydrogen-bond donors (Lipinski definition) is 2. The summed E-state index contributed by atoms with van der Waals surface area (Å²) in [5.74, 6) is -0.373. The maximum atomic E-state index is 11.5. The summed E-state index contributed by atoms with van der Waals surface area (Å²) in [6.07, 6.45) is 4.06. The molecule has 1 aromatic heterocycles. The number of carboxylic acid groups (broad SMARTS) is 1. The summed E-state index contributed by atoms with van der Waals surface area (Å²) in [6.45, 7) is 0. The molecule has 1 heterocycles. The summed E-state index contributed by atoms with van der Waals surface area (Å²) in [4.78, 5) is 25.6. The lowest BCUT2D eigenvalue weighted by Gasteiger charge is -2.09. The van der Waals surface area contributed by atoms with Crippen LogP contribution in [0, 0.1) is 0 Å². The third kappa shape index (κ3) is 1.91. The van der Waals surface area contributed by atoms with Gasteiger partial charge in [0.1, 0.15) is 0 Å². The van der Waals surface area contributed by atoms with Crippen LogP contribution in [0.4, 0.5) is 0 Å². The molecule has 0 atom stereocenters. The number of aromatic nitrogens is 1. The standard InChI is InChI=1S/C17H13NO3/c19-16-7-11-6-14(17(20)21)12-4-3-10(9-1-2-9)5-13(12)15(11)8-18-16/h3-9H,1-2H2,(H,18,19)(H,20,21). The number of rotatable bonds is 2. The molecule has 104 valence electrons. The van der Waals surface area contributed by atoms with Gasteiger partial charge in [0.15, 0.2) is 0 Å². The average Bonchev–Trinajstić information content (AvgIpc) is 3.29. The zero-order valence-electron chi connectivity index (χ0n) is 11.2. The lowest BCUT2D eigenvalue weighted by atomic mass is 9.95. The second-order valence-electron chi connectivity index (χ2n) is 5.61. The van der Waals surface area contributed by atoms with Crippen molar-refractivity contribution >= 4 is 27.5 Å². The predicted octanol–water partition coefficient (Wildman–Crippen LogP) is 3.26. The summed E-state index contributed by atoms with van der Waals surface area (Å²) >= 11 is 0. The van der Waals surface area contributed by atoms with Crippen LogP contribution < -0.4 is 5.56 Å². The van der Waals surface area contributed by atoms with Crippen molar-refractivity contribution in [1.82, 2.24) is 4.98 Å². The predicted molar refractivity (Wildman–Crippen MR) is 81.0 cm³/mol. The maximum absolute atomic E-state index is 11.5. The number of carboxylic acids is 1. The molecule has 2 aromatic carbocycles. The summed E-state index contributed by atoms with van der Waals surface area (Å²) < 4.78 is 0. The lowest BCUT2D eigenvalue weighted by Crippen LogP contribution is -2.04. The first-order valence-electron chi connectivity index (χ1n) is 6.96. The van der Waals surface area contributed by atoms with Crippen molar-refractivity contribution in [3.05, 3.63) is 58.0 Å². The van der Waals surface area contributed by atoms with Gasteiger partial charge in [-0.15, -0.1) is 0 Å². The number of hydrogen-bond acceptors (Lipinski definition) is 2. The van der Waals surface area contributed by atoms with Gasteiger partial charge >= 0.3 is 5.97 Å². The van der Waals surface area contributed by atoms with E-state index >= 15 is 0 Å². The van der Waals surface area contributed by atoms with Crippen molar-refractivity contribution in [3.8, 4) is 0 Å².